The van der Waals surface area contributed by atoms with Gasteiger partial charge in [0.1, 0.15) is 12.7 Å². The first-order valence-corrected chi connectivity index (χ1v) is 7.27. The monoisotopic (exact) mass is 279 g/mol. The van der Waals surface area contributed by atoms with E-state index in [9.17, 15) is 4.79 Å². The summed E-state index contributed by atoms with van der Waals surface area (Å²) in [6.45, 7) is 5.42. The van der Waals surface area contributed by atoms with Crippen LogP contribution < -0.4 is 0 Å². The minimum atomic E-state index is 0.0385. The first-order valence-electron chi connectivity index (χ1n) is 7.27. The molecule has 0 radical (unpaired) electrons. The summed E-state index contributed by atoms with van der Waals surface area (Å²) in [6.07, 6.45) is 5.32. The van der Waals surface area contributed by atoms with E-state index in [-0.39, 0.29) is 11.9 Å². The Bertz CT molecular complexity index is 430. The Balaban J connectivity index is 1.55. The zero-order valence-electron chi connectivity index (χ0n) is 11.6. The fourth-order valence-electron chi connectivity index (χ4n) is 2.95. The Morgan fingerprint density at radius 3 is 2.85 bits per heavy atom. The third kappa shape index (κ3) is 2.99. The van der Waals surface area contributed by atoms with Gasteiger partial charge in [-0.05, 0) is 19.4 Å². The Hall–Kier alpha value is -1.47. The Kier molecular flexibility index (Phi) is 4.27. The van der Waals surface area contributed by atoms with Gasteiger partial charge in [0.2, 0.25) is 5.91 Å². The summed E-state index contributed by atoms with van der Waals surface area (Å²) in [5.74, 6) is 0.268. The first kappa shape index (κ1) is 13.5. The molecule has 0 bridgehead atoms. The largest absolute Gasteiger partial charge is 0.378 e. The van der Waals surface area contributed by atoms with Gasteiger partial charge in [0.25, 0.3) is 0 Å². The maximum atomic E-state index is 12.6. The lowest BCUT2D eigenvalue weighted by Crippen LogP contribution is -2.50. The predicted octanol–water partition coefficient (Wildman–Crippen LogP) is -0.399. The summed E-state index contributed by atoms with van der Waals surface area (Å²) in [7, 11) is 0. The van der Waals surface area contributed by atoms with Crippen LogP contribution in [0, 0.1) is 0 Å². The topological polar surface area (TPSA) is 63.5 Å². The Morgan fingerprint density at radius 1 is 1.25 bits per heavy atom. The summed E-state index contributed by atoms with van der Waals surface area (Å²) in [6, 6.07) is 0.0385. The van der Waals surface area contributed by atoms with E-state index in [1.807, 2.05) is 9.58 Å². The fraction of sp³-hybridized carbons (Fsp3) is 0.769. The molecular formula is C13H21N5O2. The highest BCUT2D eigenvalue weighted by Crippen LogP contribution is 2.19. The molecule has 1 aromatic heterocycles. The number of nitrogens with zero attached hydrogens (tertiary/aromatic N) is 5. The van der Waals surface area contributed by atoms with E-state index in [2.05, 4.69) is 15.0 Å². The van der Waals surface area contributed by atoms with Crippen molar-refractivity contribution in [1.82, 2.24) is 24.6 Å². The van der Waals surface area contributed by atoms with Crippen LogP contribution in [0.15, 0.2) is 12.7 Å². The number of carbonyl (C=O) groups is 1. The number of morpholine rings is 1. The maximum Gasteiger partial charge on any atom is 0.240 e. The highest BCUT2D eigenvalue weighted by atomic mass is 16.5. The van der Waals surface area contributed by atoms with Gasteiger partial charge in [0, 0.05) is 19.6 Å². The van der Waals surface area contributed by atoms with Crippen molar-refractivity contribution < 1.29 is 9.53 Å². The lowest BCUT2D eigenvalue weighted by Gasteiger charge is -2.32. The van der Waals surface area contributed by atoms with Crippen molar-refractivity contribution in [2.75, 3.05) is 39.4 Å². The molecule has 1 atom stereocenters. The highest BCUT2D eigenvalue weighted by molar-refractivity contribution is 5.82. The van der Waals surface area contributed by atoms with Gasteiger partial charge in [-0.25, -0.2) is 4.98 Å². The van der Waals surface area contributed by atoms with Crippen molar-refractivity contribution in [2.24, 2.45) is 0 Å². The van der Waals surface area contributed by atoms with E-state index >= 15 is 0 Å². The van der Waals surface area contributed by atoms with Gasteiger partial charge in [0.15, 0.2) is 0 Å². The molecule has 7 heteroatoms. The van der Waals surface area contributed by atoms with Gasteiger partial charge in [-0.1, -0.05) is 0 Å². The molecule has 110 valence electrons. The zero-order valence-corrected chi connectivity index (χ0v) is 11.6. The first-order chi connectivity index (χ1) is 9.84. The van der Waals surface area contributed by atoms with E-state index < -0.39 is 0 Å². The van der Waals surface area contributed by atoms with Crippen LogP contribution in [-0.2, 0) is 16.1 Å². The quantitative estimate of drug-likeness (QED) is 0.750. The second kappa shape index (κ2) is 6.32. The lowest BCUT2D eigenvalue weighted by molar-refractivity contribution is -0.140. The van der Waals surface area contributed by atoms with Gasteiger partial charge >= 0.3 is 0 Å². The van der Waals surface area contributed by atoms with Gasteiger partial charge < -0.3 is 9.64 Å². The molecule has 0 N–H and O–H groups in total. The van der Waals surface area contributed by atoms with E-state index in [0.717, 1.165) is 45.6 Å². The second-order valence-electron chi connectivity index (χ2n) is 5.29. The Labute approximate surface area is 118 Å². The van der Waals surface area contributed by atoms with Crippen molar-refractivity contribution in [1.29, 1.82) is 0 Å². The summed E-state index contributed by atoms with van der Waals surface area (Å²) in [5, 5.41) is 4.10. The van der Waals surface area contributed by atoms with E-state index in [4.69, 9.17) is 4.74 Å². The number of carbonyl (C=O) groups excluding carboxylic acids is 1. The van der Waals surface area contributed by atoms with Crippen molar-refractivity contribution >= 4 is 5.91 Å². The number of rotatable bonds is 4. The summed E-state index contributed by atoms with van der Waals surface area (Å²) in [5.41, 5.74) is 0. The minimum Gasteiger partial charge on any atom is -0.378 e. The number of hydrogen-bond donors (Lipinski definition) is 0. The lowest BCUT2D eigenvalue weighted by atomic mass is 10.2. The van der Waals surface area contributed by atoms with Gasteiger partial charge in [-0.15, -0.1) is 0 Å². The normalized spacial score (nSPS) is 24.2. The third-order valence-corrected chi connectivity index (χ3v) is 4.05. The SMILES string of the molecule is O=C([C@@H]1CCCN1CCn1cncn1)N1CCOCC1. The Morgan fingerprint density at radius 2 is 2.10 bits per heavy atom. The molecule has 3 rings (SSSR count). The molecule has 20 heavy (non-hydrogen) atoms. The minimum absolute atomic E-state index is 0.0385. The second-order valence-corrected chi connectivity index (χ2v) is 5.29. The van der Waals surface area contributed by atoms with Crippen molar-refractivity contribution in [3.05, 3.63) is 12.7 Å². The van der Waals surface area contributed by atoms with Crippen LogP contribution in [0.3, 0.4) is 0 Å². The van der Waals surface area contributed by atoms with Crippen LogP contribution in [0.25, 0.3) is 0 Å². The predicted molar refractivity (Wildman–Crippen MR) is 72.0 cm³/mol. The molecule has 1 aromatic rings. The molecule has 0 spiro atoms. The zero-order chi connectivity index (χ0) is 13.8. The number of amides is 1. The molecular weight excluding hydrogens is 258 g/mol. The molecule has 0 aromatic carbocycles. The molecule has 1 amide bonds. The van der Waals surface area contributed by atoms with Crippen molar-refractivity contribution in [3.8, 4) is 0 Å². The van der Waals surface area contributed by atoms with Crippen LogP contribution in [-0.4, -0.2) is 75.9 Å². The average Bonchev–Trinajstić information content (AvgIpc) is 3.16. The third-order valence-electron chi connectivity index (χ3n) is 4.05. The highest BCUT2D eigenvalue weighted by Gasteiger charge is 2.33. The smallest absolute Gasteiger partial charge is 0.240 e. The molecule has 2 aliphatic heterocycles. The van der Waals surface area contributed by atoms with E-state index in [0.29, 0.717) is 13.2 Å². The summed E-state index contributed by atoms with van der Waals surface area (Å²) in [4.78, 5) is 20.7. The molecule has 0 saturated carbocycles. The molecule has 3 heterocycles. The van der Waals surface area contributed by atoms with Gasteiger partial charge in [-0.3, -0.25) is 14.4 Å². The average molecular weight is 279 g/mol. The van der Waals surface area contributed by atoms with Crippen LogP contribution in [0.5, 0.6) is 0 Å². The number of aromatic nitrogens is 3. The fourth-order valence-corrected chi connectivity index (χ4v) is 2.95. The van der Waals surface area contributed by atoms with Crippen LogP contribution in [0.2, 0.25) is 0 Å². The van der Waals surface area contributed by atoms with Crippen LogP contribution >= 0.6 is 0 Å². The van der Waals surface area contributed by atoms with Gasteiger partial charge in [0.05, 0.1) is 25.8 Å². The standard InChI is InChI=1S/C13H21N5O2/c19-13(17-6-8-20-9-7-17)12-2-1-3-16(12)4-5-18-11-14-10-15-18/h10-12H,1-9H2/t12-/m0/s1. The van der Waals surface area contributed by atoms with Crippen molar-refractivity contribution in [3.63, 3.8) is 0 Å². The number of hydrogen-bond acceptors (Lipinski definition) is 5. The van der Waals surface area contributed by atoms with Crippen LogP contribution in [0.1, 0.15) is 12.8 Å². The number of likely N-dealkylation sites (tertiary alicyclic amines) is 1. The molecule has 2 saturated heterocycles. The molecule has 2 fully saturated rings. The molecule has 0 aliphatic carbocycles. The molecule has 0 unspecified atom stereocenters. The summed E-state index contributed by atoms with van der Waals surface area (Å²) >= 11 is 0. The van der Waals surface area contributed by atoms with E-state index in [1.165, 1.54) is 0 Å². The molecule has 7 nitrogen and oxygen atoms in total. The van der Waals surface area contributed by atoms with Gasteiger partial charge in [-0.2, -0.15) is 5.10 Å². The molecule has 2 aliphatic rings. The van der Waals surface area contributed by atoms with E-state index in [1.54, 1.807) is 12.7 Å². The maximum absolute atomic E-state index is 12.6. The summed E-state index contributed by atoms with van der Waals surface area (Å²) < 4.78 is 7.12. The van der Waals surface area contributed by atoms with Crippen LogP contribution in [0.4, 0.5) is 0 Å². The number of ether oxygens (including phenoxy) is 1. The van der Waals surface area contributed by atoms with Crippen molar-refractivity contribution in [2.45, 2.75) is 25.4 Å².